The van der Waals surface area contributed by atoms with Crippen molar-refractivity contribution < 1.29 is 0 Å². The lowest BCUT2D eigenvalue weighted by Gasteiger charge is -2.19. The zero-order valence-corrected chi connectivity index (χ0v) is 8.48. The van der Waals surface area contributed by atoms with Crippen LogP contribution < -0.4 is 5.32 Å². The largest absolute Gasteiger partial charge is 0.314 e. The Kier molecular flexibility index (Phi) is 6.63. The molecule has 0 aliphatic rings. The van der Waals surface area contributed by atoms with E-state index in [1.165, 1.54) is 25.8 Å². The molecule has 0 unspecified atom stereocenters. The molecule has 0 amide bonds. The predicted molar refractivity (Wildman–Crippen MR) is 51.8 cm³/mol. The highest BCUT2D eigenvalue weighted by Gasteiger charge is 2.07. The van der Waals surface area contributed by atoms with Crippen LogP contribution in [0.3, 0.4) is 0 Å². The van der Waals surface area contributed by atoms with Crippen LogP contribution in [-0.2, 0) is 0 Å². The van der Waals surface area contributed by atoms with Gasteiger partial charge >= 0.3 is 0 Å². The molecule has 0 saturated carbocycles. The quantitative estimate of drug-likeness (QED) is 0.585. The number of nitrogens with one attached hydrogen (secondary N) is 1. The Labute approximate surface area is 71.6 Å². The van der Waals surface area contributed by atoms with Crippen LogP contribution >= 0.6 is 0 Å². The smallest absolute Gasteiger partial charge is 0.00642 e. The number of hydrogen-bond donors (Lipinski definition) is 1. The molecule has 0 rings (SSSR count). The molecule has 11 heavy (non-hydrogen) atoms. The lowest BCUT2D eigenvalue weighted by molar-refractivity contribution is 0.388. The van der Waals surface area contributed by atoms with E-state index in [-0.39, 0.29) is 0 Å². The summed E-state index contributed by atoms with van der Waals surface area (Å²) in [4.78, 5) is 0. The Hall–Kier alpha value is -0.0400. The molecule has 0 saturated heterocycles. The third-order valence-corrected chi connectivity index (χ3v) is 2.49. The highest BCUT2D eigenvalue weighted by molar-refractivity contribution is 4.66. The van der Waals surface area contributed by atoms with E-state index in [2.05, 4.69) is 33.0 Å². The Balaban J connectivity index is 3.28. The second-order valence-corrected chi connectivity index (χ2v) is 3.48. The van der Waals surface area contributed by atoms with Crippen molar-refractivity contribution in [1.82, 2.24) is 5.32 Å². The van der Waals surface area contributed by atoms with Crippen molar-refractivity contribution in [3.63, 3.8) is 0 Å². The van der Waals surface area contributed by atoms with Crippen LogP contribution in [-0.4, -0.2) is 12.6 Å². The van der Waals surface area contributed by atoms with Crippen molar-refractivity contribution >= 4 is 0 Å². The molecule has 1 N–H and O–H groups in total. The minimum atomic E-state index is 0.687. The van der Waals surface area contributed by atoms with E-state index >= 15 is 0 Å². The van der Waals surface area contributed by atoms with Crippen molar-refractivity contribution in [3.8, 4) is 0 Å². The Morgan fingerprint density at radius 1 is 1.18 bits per heavy atom. The monoisotopic (exact) mass is 157 g/mol. The first-order valence-electron chi connectivity index (χ1n) is 4.95. The van der Waals surface area contributed by atoms with E-state index < -0.39 is 0 Å². The van der Waals surface area contributed by atoms with Gasteiger partial charge < -0.3 is 5.32 Å². The molecule has 0 bridgehead atoms. The van der Waals surface area contributed by atoms with Crippen LogP contribution in [0.1, 0.15) is 47.0 Å². The van der Waals surface area contributed by atoms with Crippen molar-refractivity contribution in [2.45, 2.75) is 53.0 Å². The summed E-state index contributed by atoms with van der Waals surface area (Å²) in [7, 11) is 0. The Morgan fingerprint density at radius 3 is 2.27 bits per heavy atom. The first kappa shape index (κ1) is 11.0. The van der Waals surface area contributed by atoms with Gasteiger partial charge in [-0.25, -0.2) is 0 Å². The normalized spacial score (nSPS) is 16.4. The summed E-state index contributed by atoms with van der Waals surface area (Å²) in [5.41, 5.74) is 0. The SMILES string of the molecule is CCCCN[C@H](C)[C@@H](C)CC. The van der Waals surface area contributed by atoms with Crippen LogP contribution in [0.4, 0.5) is 0 Å². The maximum atomic E-state index is 3.53. The Morgan fingerprint density at radius 2 is 1.82 bits per heavy atom. The second-order valence-electron chi connectivity index (χ2n) is 3.48. The maximum absolute atomic E-state index is 3.53. The third-order valence-electron chi connectivity index (χ3n) is 2.49. The zero-order chi connectivity index (χ0) is 8.69. The van der Waals surface area contributed by atoms with Gasteiger partial charge in [-0.1, -0.05) is 33.6 Å². The van der Waals surface area contributed by atoms with Gasteiger partial charge in [-0.05, 0) is 25.8 Å². The van der Waals surface area contributed by atoms with Crippen LogP contribution in [0.5, 0.6) is 0 Å². The number of unbranched alkanes of at least 4 members (excludes halogenated alkanes) is 1. The fourth-order valence-corrected chi connectivity index (χ4v) is 1.06. The van der Waals surface area contributed by atoms with Gasteiger partial charge in [0.05, 0.1) is 0 Å². The van der Waals surface area contributed by atoms with Crippen LogP contribution in [0.25, 0.3) is 0 Å². The average Bonchev–Trinajstić information content (AvgIpc) is 2.03. The standard InChI is InChI=1S/C10H23N/c1-5-7-8-11-10(4)9(3)6-2/h9-11H,5-8H2,1-4H3/t9-,10+/m0/s1. The molecule has 1 heteroatoms. The summed E-state index contributed by atoms with van der Waals surface area (Å²) in [5, 5.41) is 3.53. The molecule has 0 aromatic heterocycles. The molecule has 0 aromatic carbocycles. The highest BCUT2D eigenvalue weighted by Crippen LogP contribution is 2.06. The van der Waals surface area contributed by atoms with Gasteiger partial charge in [0, 0.05) is 6.04 Å². The summed E-state index contributed by atoms with van der Waals surface area (Å²) in [6.07, 6.45) is 3.88. The maximum Gasteiger partial charge on any atom is 0.00642 e. The fraction of sp³-hybridized carbons (Fsp3) is 1.00. The van der Waals surface area contributed by atoms with Gasteiger partial charge in [0.15, 0.2) is 0 Å². The summed E-state index contributed by atoms with van der Waals surface area (Å²) in [6.45, 7) is 10.3. The lowest BCUT2D eigenvalue weighted by atomic mass is 10.0. The van der Waals surface area contributed by atoms with Crippen LogP contribution in [0, 0.1) is 5.92 Å². The number of hydrogen-bond acceptors (Lipinski definition) is 1. The molecular weight excluding hydrogens is 134 g/mol. The van der Waals surface area contributed by atoms with E-state index in [4.69, 9.17) is 0 Å². The molecule has 2 atom stereocenters. The Bertz CT molecular complexity index is 80.9. The fourth-order valence-electron chi connectivity index (χ4n) is 1.06. The molecule has 68 valence electrons. The van der Waals surface area contributed by atoms with Gasteiger partial charge in [0.25, 0.3) is 0 Å². The molecule has 0 radical (unpaired) electrons. The summed E-state index contributed by atoms with van der Waals surface area (Å²) in [6, 6.07) is 0.687. The van der Waals surface area contributed by atoms with Crippen molar-refractivity contribution in [3.05, 3.63) is 0 Å². The molecule has 0 aliphatic heterocycles. The molecule has 0 heterocycles. The van der Waals surface area contributed by atoms with E-state index in [9.17, 15) is 0 Å². The molecule has 0 aromatic rings. The van der Waals surface area contributed by atoms with E-state index in [1.54, 1.807) is 0 Å². The van der Waals surface area contributed by atoms with Gasteiger partial charge in [0.1, 0.15) is 0 Å². The molecule has 0 fully saturated rings. The molecular formula is C10H23N. The van der Waals surface area contributed by atoms with Crippen LogP contribution in [0.2, 0.25) is 0 Å². The van der Waals surface area contributed by atoms with Gasteiger partial charge in [-0.2, -0.15) is 0 Å². The summed E-state index contributed by atoms with van der Waals surface area (Å²) in [5.74, 6) is 0.812. The average molecular weight is 157 g/mol. The first-order valence-corrected chi connectivity index (χ1v) is 4.95. The molecule has 1 nitrogen and oxygen atoms in total. The highest BCUT2D eigenvalue weighted by atomic mass is 14.9. The van der Waals surface area contributed by atoms with E-state index in [1.807, 2.05) is 0 Å². The predicted octanol–water partition coefficient (Wildman–Crippen LogP) is 2.81. The van der Waals surface area contributed by atoms with Crippen molar-refractivity contribution in [2.24, 2.45) is 5.92 Å². The minimum absolute atomic E-state index is 0.687. The van der Waals surface area contributed by atoms with Gasteiger partial charge in [-0.15, -0.1) is 0 Å². The van der Waals surface area contributed by atoms with Crippen molar-refractivity contribution in [2.75, 3.05) is 6.54 Å². The third kappa shape index (κ3) is 5.25. The van der Waals surface area contributed by atoms with Crippen LogP contribution in [0.15, 0.2) is 0 Å². The summed E-state index contributed by atoms with van der Waals surface area (Å²) < 4.78 is 0. The van der Waals surface area contributed by atoms with Crippen molar-refractivity contribution in [1.29, 1.82) is 0 Å². The van der Waals surface area contributed by atoms with Gasteiger partial charge in [0.2, 0.25) is 0 Å². The van der Waals surface area contributed by atoms with Gasteiger partial charge in [-0.3, -0.25) is 0 Å². The topological polar surface area (TPSA) is 12.0 Å². The van der Waals surface area contributed by atoms with E-state index in [0.29, 0.717) is 6.04 Å². The minimum Gasteiger partial charge on any atom is -0.314 e. The first-order chi connectivity index (χ1) is 5.22. The summed E-state index contributed by atoms with van der Waals surface area (Å²) >= 11 is 0. The molecule has 0 aliphatic carbocycles. The molecule has 0 spiro atoms. The lowest BCUT2D eigenvalue weighted by Crippen LogP contribution is -2.32. The second kappa shape index (κ2) is 6.66. The zero-order valence-electron chi connectivity index (χ0n) is 8.48. The van der Waals surface area contributed by atoms with E-state index in [0.717, 1.165) is 5.92 Å². The number of rotatable bonds is 6.